The lowest BCUT2D eigenvalue weighted by atomic mass is 10.5. The van der Waals surface area contributed by atoms with E-state index in [9.17, 15) is 21.6 Å². The van der Waals surface area contributed by atoms with Crippen LogP contribution in [0.2, 0.25) is 0 Å². The first-order valence-corrected chi connectivity index (χ1v) is 8.68. The molecule has 1 aromatic rings. The average Bonchev–Trinajstić information content (AvgIpc) is 3.07. The molecule has 1 aromatic heterocycles. The zero-order valence-electron chi connectivity index (χ0n) is 10.0. The third kappa shape index (κ3) is 3.53. The van der Waals surface area contributed by atoms with E-state index in [1.807, 2.05) is 0 Å². The van der Waals surface area contributed by atoms with Gasteiger partial charge in [-0.3, -0.25) is 0 Å². The maximum absolute atomic E-state index is 12.6. The molecule has 20 heavy (non-hydrogen) atoms. The summed E-state index contributed by atoms with van der Waals surface area (Å²) in [5.41, 5.74) is 0. The van der Waals surface area contributed by atoms with Gasteiger partial charge < -0.3 is 5.11 Å². The van der Waals surface area contributed by atoms with Crippen molar-refractivity contribution >= 4 is 37.3 Å². The van der Waals surface area contributed by atoms with Gasteiger partial charge in [0.25, 0.3) is 0 Å². The number of aliphatic hydroxyl groups is 1. The van der Waals surface area contributed by atoms with Crippen LogP contribution in [0.4, 0.5) is 13.2 Å². The third-order valence-electron chi connectivity index (χ3n) is 2.74. The van der Waals surface area contributed by atoms with Crippen molar-refractivity contribution in [3.8, 4) is 0 Å². The molecule has 0 aliphatic heterocycles. The van der Waals surface area contributed by atoms with Crippen molar-refractivity contribution in [1.29, 1.82) is 0 Å². The summed E-state index contributed by atoms with van der Waals surface area (Å²) in [5.74, 6) is 0. The summed E-state index contributed by atoms with van der Waals surface area (Å²) < 4.78 is 63.1. The number of aliphatic hydroxyl groups excluding tert-OH is 1. The summed E-state index contributed by atoms with van der Waals surface area (Å²) >= 11 is 4.02. The second-order valence-electron chi connectivity index (χ2n) is 4.41. The number of halogens is 4. The number of nitrogens with zero attached hydrogens (tertiary/aromatic N) is 1. The van der Waals surface area contributed by atoms with Crippen LogP contribution in [0.25, 0.3) is 0 Å². The van der Waals surface area contributed by atoms with Crippen LogP contribution < -0.4 is 0 Å². The van der Waals surface area contributed by atoms with Gasteiger partial charge in [-0.2, -0.15) is 17.5 Å². The van der Waals surface area contributed by atoms with Gasteiger partial charge in [-0.1, -0.05) is 0 Å². The Hall–Kier alpha value is -0.160. The zero-order valence-corrected chi connectivity index (χ0v) is 13.2. The fourth-order valence-corrected chi connectivity index (χ4v) is 5.89. The van der Waals surface area contributed by atoms with Gasteiger partial charge >= 0.3 is 6.18 Å². The molecule has 1 aliphatic carbocycles. The first kappa shape index (κ1) is 16.2. The van der Waals surface area contributed by atoms with E-state index in [-0.39, 0.29) is 15.3 Å². The molecule has 4 nitrogen and oxygen atoms in total. The normalized spacial score (nSPS) is 16.9. The second-order valence-corrected chi connectivity index (χ2v) is 8.72. The Morgan fingerprint density at radius 2 is 2.05 bits per heavy atom. The fourth-order valence-electron chi connectivity index (χ4n) is 1.73. The molecule has 0 saturated heterocycles. The molecule has 0 amide bonds. The first-order chi connectivity index (χ1) is 9.15. The first-order valence-electron chi connectivity index (χ1n) is 5.63. The Bertz CT molecular complexity index is 595. The summed E-state index contributed by atoms with van der Waals surface area (Å²) in [6, 6.07) is 0.613. The Morgan fingerprint density at radius 3 is 2.45 bits per heavy atom. The quantitative estimate of drug-likeness (QED) is 0.836. The summed E-state index contributed by atoms with van der Waals surface area (Å²) in [6.07, 6.45) is -3.72. The Kier molecular flexibility index (Phi) is 4.51. The summed E-state index contributed by atoms with van der Waals surface area (Å²) in [6.45, 7) is -1.85. The third-order valence-corrected chi connectivity index (χ3v) is 6.87. The van der Waals surface area contributed by atoms with Gasteiger partial charge in [0.1, 0.15) is 11.4 Å². The van der Waals surface area contributed by atoms with E-state index in [4.69, 9.17) is 5.11 Å². The number of sulfonamides is 1. The van der Waals surface area contributed by atoms with Crippen LogP contribution in [-0.2, 0) is 16.6 Å². The van der Waals surface area contributed by atoms with Crippen molar-refractivity contribution in [2.45, 2.75) is 36.6 Å². The van der Waals surface area contributed by atoms with Crippen LogP contribution in [0.15, 0.2) is 14.7 Å². The molecule has 0 atom stereocenters. The molecule has 1 fully saturated rings. The predicted octanol–water partition coefficient (Wildman–Crippen LogP) is 2.72. The minimum atomic E-state index is -4.59. The second kappa shape index (κ2) is 5.56. The lowest BCUT2D eigenvalue weighted by Crippen LogP contribution is -2.40. The lowest BCUT2D eigenvalue weighted by Gasteiger charge is -2.22. The van der Waals surface area contributed by atoms with Crippen molar-refractivity contribution in [1.82, 2.24) is 4.31 Å². The topological polar surface area (TPSA) is 57.6 Å². The average molecular weight is 394 g/mol. The van der Waals surface area contributed by atoms with Crippen LogP contribution >= 0.6 is 27.3 Å². The summed E-state index contributed by atoms with van der Waals surface area (Å²) in [7, 11) is -4.23. The number of hydrogen-bond acceptors (Lipinski definition) is 4. The van der Waals surface area contributed by atoms with Crippen molar-refractivity contribution in [3.63, 3.8) is 0 Å². The van der Waals surface area contributed by atoms with Gasteiger partial charge in [-0.05, 0) is 34.8 Å². The van der Waals surface area contributed by atoms with E-state index in [0.717, 1.165) is 11.3 Å². The highest BCUT2D eigenvalue weighted by molar-refractivity contribution is 9.11. The van der Waals surface area contributed by atoms with Crippen LogP contribution in [-0.4, -0.2) is 36.6 Å². The van der Waals surface area contributed by atoms with E-state index < -0.39 is 28.8 Å². The minimum Gasteiger partial charge on any atom is -0.391 e. The fraction of sp³-hybridized carbons (Fsp3) is 0.600. The smallest absolute Gasteiger partial charge is 0.391 e. The Labute approximate surface area is 126 Å². The van der Waals surface area contributed by atoms with Crippen molar-refractivity contribution < 1.29 is 26.7 Å². The number of hydrogen-bond donors (Lipinski definition) is 1. The summed E-state index contributed by atoms with van der Waals surface area (Å²) in [4.78, 5) is 0.154. The molecular formula is C10H11BrF3NO3S2. The molecule has 0 unspecified atom stereocenters. The SMILES string of the molecule is O=S(=O)(c1cc(CO)sc1Br)N(CC(F)(F)F)C1CC1. The molecule has 1 aliphatic rings. The van der Waals surface area contributed by atoms with Gasteiger partial charge in [-0.25, -0.2) is 8.42 Å². The Morgan fingerprint density at radius 1 is 1.45 bits per heavy atom. The molecule has 1 saturated carbocycles. The van der Waals surface area contributed by atoms with Crippen molar-refractivity contribution in [2.75, 3.05) is 6.54 Å². The van der Waals surface area contributed by atoms with E-state index in [1.54, 1.807) is 0 Å². The van der Waals surface area contributed by atoms with Crippen LogP contribution in [0.1, 0.15) is 17.7 Å². The molecule has 0 bridgehead atoms. The molecule has 114 valence electrons. The Balaban J connectivity index is 2.37. The maximum atomic E-state index is 12.6. The maximum Gasteiger partial charge on any atom is 0.402 e. The van der Waals surface area contributed by atoms with Crippen molar-refractivity contribution in [3.05, 3.63) is 14.7 Å². The standard InChI is InChI=1S/C10H11BrF3NO3S2/c11-9-8(3-7(4-16)19-9)20(17,18)15(6-1-2-6)5-10(12,13)14/h3,6,16H,1-2,4-5H2. The zero-order chi connectivity index (χ0) is 15.1. The van der Waals surface area contributed by atoms with E-state index >= 15 is 0 Å². The van der Waals surface area contributed by atoms with Gasteiger partial charge in [0, 0.05) is 10.9 Å². The van der Waals surface area contributed by atoms with Gasteiger partial charge in [0.15, 0.2) is 0 Å². The largest absolute Gasteiger partial charge is 0.402 e. The molecule has 1 N–H and O–H groups in total. The van der Waals surface area contributed by atoms with E-state index in [1.165, 1.54) is 6.07 Å². The molecule has 0 aromatic carbocycles. The van der Waals surface area contributed by atoms with Crippen LogP contribution in [0.3, 0.4) is 0 Å². The van der Waals surface area contributed by atoms with Crippen molar-refractivity contribution in [2.24, 2.45) is 0 Å². The highest BCUT2D eigenvalue weighted by atomic mass is 79.9. The molecular weight excluding hydrogens is 383 g/mol. The lowest BCUT2D eigenvalue weighted by molar-refractivity contribution is -0.137. The van der Waals surface area contributed by atoms with Crippen LogP contribution in [0.5, 0.6) is 0 Å². The van der Waals surface area contributed by atoms with Crippen LogP contribution in [0, 0.1) is 0 Å². The molecule has 10 heteroatoms. The molecule has 2 rings (SSSR count). The highest BCUT2D eigenvalue weighted by Crippen LogP contribution is 2.39. The number of alkyl halides is 3. The monoisotopic (exact) mass is 393 g/mol. The minimum absolute atomic E-state index is 0.203. The van der Waals surface area contributed by atoms with Gasteiger partial charge in [0.05, 0.1) is 10.4 Å². The van der Waals surface area contributed by atoms with E-state index in [2.05, 4.69) is 15.9 Å². The highest BCUT2D eigenvalue weighted by Gasteiger charge is 2.45. The molecule has 0 radical (unpaired) electrons. The predicted molar refractivity (Wildman–Crippen MR) is 70.9 cm³/mol. The number of rotatable bonds is 5. The molecule has 0 spiro atoms. The van der Waals surface area contributed by atoms with E-state index in [0.29, 0.717) is 22.0 Å². The van der Waals surface area contributed by atoms with Gasteiger partial charge in [-0.15, -0.1) is 11.3 Å². The summed E-state index contributed by atoms with van der Waals surface area (Å²) in [5, 5.41) is 8.99. The number of thiophene rings is 1. The van der Waals surface area contributed by atoms with Gasteiger partial charge in [0.2, 0.25) is 10.0 Å². The molecule has 1 heterocycles.